The topological polar surface area (TPSA) is 26.0 Å². The van der Waals surface area contributed by atoms with E-state index in [0.717, 1.165) is 37.5 Å². The van der Waals surface area contributed by atoms with Crippen molar-refractivity contribution in [3.8, 4) is 0 Å². The Kier molecular flexibility index (Phi) is 5.36. The van der Waals surface area contributed by atoms with Gasteiger partial charge in [0.05, 0.1) is 0 Å². The Morgan fingerprint density at radius 3 is 1.36 bits per heavy atom. The summed E-state index contributed by atoms with van der Waals surface area (Å²) in [6.45, 7) is 0. The molecule has 0 bridgehead atoms. The number of hydrogen-bond acceptors (Lipinski definition) is 1. The van der Waals surface area contributed by atoms with Crippen molar-refractivity contribution >= 4 is 0 Å². The lowest BCUT2D eigenvalue weighted by Crippen LogP contribution is -2.40. The highest BCUT2D eigenvalue weighted by molar-refractivity contribution is 4.91. The molecule has 2 unspecified atom stereocenters. The summed E-state index contributed by atoms with van der Waals surface area (Å²) in [5.74, 6) is 2.05. The molecule has 0 amide bonds. The van der Waals surface area contributed by atoms with Crippen LogP contribution in [0.25, 0.3) is 0 Å². The van der Waals surface area contributed by atoms with Crippen molar-refractivity contribution in [3.63, 3.8) is 0 Å². The highest BCUT2D eigenvalue weighted by Gasteiger charge is 2.42. The standard InChI is InChI=1S/C18H30F3N/c19-16-9-14(10-17(20)18(16)21)13-3-1-11(2-4-13)12-5-7-15(22)8-6-12/h11-18H,1-10,22H2. The monoisotopic (exact) mass is 317 g/mol. The Morgan fingerprint density at radius 2 is 0.909 bits per heavy atom. The third-order valence-electron chi connectivity index (χ3n) is 6.71. The van der Waals surface area contributed by atoms with E-state index < -0.39 is 18.5 Å². The van der Waals surface area contributed by atoms with Gasteiger partial charge in [0.15, 0.2) is 6.17 Å². The van der Waals surface area contributed by atoms with Crippen LogP contribution in [-0.4, -0.2) is 24.6 Å². The van der Waals surface area contributed by atoms with Gasteiger partial charge in [0.1, 0.15) is 12.3 Å². The van der Waals surface area contributed by atoms with Crippen LogP contribution in [0.5, 0.6) is 0 Å². The Balaban J connectivity index is 1.47. The first-order chi connectivity index (χ1) is 10.5. The number of rotatable bonds is 2. The molecule has 2 N–H and O–H groups in total. The maximum absolute atomic E-state index is 13.6. The lowest BCUT2D eigenvalue weighted by molar-refractivity contribution is -0.00682. The van der Waals surface area contributed by atoms with Crippen LogP contribution in [0, 0.1) is 23.7 Å². The molecule has 0 aromatic heterocycles. The molecule has 0 aromatic rings. The predicted molar refractivity (Wildman–Crippen MR) is 82.8 cm³/mol. The van der Waals surface area contributed by atoms with Crippen LogP contribution in [-0.2, 0) is 0 Å². The van der Waals surface area contributed by atoms with Crippen LogP contribution < -0.4 is 5.73 Å². The molecule has 3 aliphatic carbocycles. The molecule has 2 atom stereocenters. The van der Waals surface area contributed by atoms with Crippen LogP contribution >= 0.6 is 0 Å². The zero-order chi connectivity index (χ0) is 15.7. The van der Waals surface area contributed by atoms with Gasteiger partial charge in [0.2, 0.25) is 0 Å². The summed E-state index contributed by atoms with van der Waals surface area (Å²) in [4.78, 5) is 0. The van der Waals surface area contributed by atoms with E-state index in [0.29, 0.717) is 12.0 Å². The molecule has 3 fully saturated rings. The molecule has 0 saturated heterocycles. The van der Waals surface area contributed by atoms with Gasteiger partial charge in [-0.25, -0.2) is 13.2 Å². The zero-order valence-corrected chi connectivity index (χ0v) is 13.4. The first kappa shape index (κ1) is 16.6. The van der Waals surface area contributed by atoms with Crippen LogP contribution in [0.4, 0.5) is 13.2 Å². The highest BCUT2D eigenvalue weighted by Crippen LogP contribution is 2.45. The Hall–Kier alpha value is -0.250. The van der Waals surface area contributed by atoms with Crippen molar-refractivity contribution < 1.29 is 13.2 Å². The smallest absolute Gasteiger partial charge is 0.162 e. The molecule has 0 aliphatic heterocycles. The second kappa shape index (κ2) is 7.11. The average Bonchev–Trinajstić information content (AvgIpc) is 2.53. The summed E-state index contributed by atoms with van der Waals surface area (Å²) in [7, 11) is 0. The number of halogens is 3. The molecular formula is C18H30F3N. The Labute approximate surface area is 132 Å². The number of nitrogens with two attached hydrogens (primary N) is 1. The van der Waals surface area contributed by atoms with Gasteiger partial charge in [0, 0.05) is 6.04 Å². The van der Waals surface area contributed by atoms with E-state index in [2.05, 4.69) is 0 Å². The van der Waals surface area contributed by atoms with Gasteiger partial charge < -0.3 is 5.73 Å². The summed E-state index contributed by atoms with van der Waals surface area (Å²) >= 11 is 0. The second-order valence-electron chi connectivity index (χ2n) is 8.06. The molecule has 0 heterocycles. The molecule has 128 valence electrons. The summed E-state index contributed by atoms with van der Waals surface area (Å²) in [5.41, 5.74) is 5.98. The van der Waals surface area contributed by atoms with Crippen molar-refractivity contribution in [2.45, 2.75) is 88.8 Å². The minimum absolute atomic E-state index is 0.0535. The first-order valence-electron chi connectivity index (χ1n) is 9.22. The molecule has 0 radical (unpaired) electrons. The van der Waals surface area contributed by atoms with E-state index in [9.17, 15) is 13.2 Å². The van der Waals surface area contributed by atoms with Gasteiger partial charge >= 0.3 is 0 Å². The van der Waals surface area contributed by atoms with E-state index in [4.69, 9.17) is 5.73 Å². The maximum atomic E-state index is 13.6. The van der Waals surface area contributed by atoms with Gasteiger partial charge in [-0.15, -0.1) is 0 Å². The van der Waals surface area contributed by atoms with Crippen molar-refractivity contribution in [2.24, 2.45) is 29.4 Å². The van der Waals surface area contributed by atoms with E-state index >= 15 is 0 Å². The minimum atomic E-state index is -1.89. The zero-order valence-electron chi connectivity index (χ0n) is 13.4. The molecule has 3 rings (SSSR count). The minimum Gasteiger partial charge on any atom is -0.328 e. The molecule has 3 saturated carbocycles. The summed E-state index contributed by atoms with van der Waals surface area (Å²) < 4.78 is 40.5. The summed E-state index contributed by atoms with van der Waals surface area (Å²) in [6, 6.07) is 0.395. The highest BCUT2D eigenvalue weighted by atomic mass is 19.2. The fraction of sp³-hybridized carbons (Fsp3) is 1.00. The van der Waals surface area contributed by atoms with Gasteiger partial charge in [-0.3, -0.25) is 0 Å². The second-order valence-corrected chi connectivity index (χ2v) is 8.06. The molecule has 0 aromatic carbocycles. The third kappa shape index (κ3) is 3.63. The van der Waals surface area contributed by atoms with Gasteiger partial charge in [-0.05, 0) is 87.9 Å². The molecule has 3 aliphatic rings. The molecule has 1 nitrogen and oxygen atoms in total. The number of hydrogen-bond donors (Lipinski definition) is 1. The fourth-order valence-corrected chi connectivity index (χ4v) is 5.25. The van der Waals surface area contributed by atoms with Crippen molar-refractivity contribution in [3.05, 3.63) is 0 Å². The Morgan fingerprint density at radius 1 is 0.545 bits per heavy atom. The van der Waals surface area contributed by atoms with Gasteiger partial charge in [-0.1, -0.05) is 0 Å². The predicted octanol–water partition coefficient (Wildman–Crippen LogP) is 4.73. The van der Waals surface area contributed by atoms with E-state index in [1.165, 1.54) is 25.7 Å². The SMILES string of the molecule is NC1CCC(C2CCC(C3CC(F)C(F)C(F)C3)CC2)CC1. The molecular weight excluding hydrogens is 287 g/mol. The molecule has 0 spiro atoms. The van der Waals surface area contributed by atoms with Crippen molar-refractivity contribution in [1.29, 1.82) is 0 Å². The van der Waals surface area contributed by atoms with Crippen LogP contribution in [0.2, 0.25) is 0 Å². The lowest BCUT2D eigenvalue weighted by Gasteiger charge is -2.41. The lowest BCUT2D eigenvalue weighted by atomic mass is 9.66. The third-order valence-corrected chi connectivity index (χ3v) is 6.71. The largest absolute Gasteiger partial charge is 0.328 e. The summed E-state index contributed by atoms with van der Waals surface area (Å²) in [5, 5.41) is 0. The van der Waals surface area contributed by atoms with E-state index in [-0.39, 0.29) is 18.8 Å². The van der Waals surface area contributed by atoms with Crippen LogP contribution in [0.3, 0.4) is 0 Å². The van der Waals surface area contributed by atoms with E-state index in [1.54, 1.807) is 0 Å². The normalized spacial score (nSPS) is 50.7. The average molecular weight is 317 g/mol. The van der Waals surface area contributed by atoms with E-state index in [1.807, 2.05) is 0 Å². The van der Waals surface area contributed by atoms with Gasteiger partial charge in [0.25, 0.3) is 0 Å². The quantitative estimate of drug-likeness (QED) is 0.782. The fourth-order valence-electron chi connectivity index (χ4n) is 5.25. The van der Waals surface area contributed by atoms with Crippen molar-refractivity contribution in [2.75, 3.05) is 0 Å². The van der Waals surface area contributed by atoms with Crippen LogP contribution in [0.1, 0.15) is 64.2 Å². The molecule has 4 heteroatoms. The first-order valence-corrected chi connectivity index (χ1v) is 9.22. The molecule has 22 heavy (non-hydrogen) atoms. The Bertz CT molecular complexity index is 336. The van der Waals surface area contributed by atoms with Crippen LogP contribution in [0.15, 0.2) is 0 Å². The number of alkyl halides is 3. The summed E-state index contributed by atoms with van der Waals surface area (Å²) in [6.07, 6.45) is 4.73. The van der Waals surface area contributed by atoms with Gasteiger partial charge in [-0.2, -0.15) is 0 Å². The van der Waals surface area contributed by atoms with Crippen molar-refractivity contribution in [1.82, 2.24) is 0 Å². The maximum Gasteiger partial charge on any atom is 0.162 e.